The molecule has 0 aromatic heterocycles. The lowest BCUT2D eigenvalue weighted by Crippen LogP contribution is -2.56. The first-order valence-electron chi connectivity index (χ1n) is 10.7. The predicted molar refractivity (Wildman–Crippen MR) is 121 cm³/mol. The van der Waals surface area contributed by atoms with Crippen LogP contribution in [0.1, 0.15) is 43.7 Å². The molecule has 0 saturated carbocycles. The zero-order chi connectivity index (χ0) is 22.5. The summed E-state index contributed by atoms with van der Waals surface area (Å²) in [6.45, 7) is 7.50. The number of nitrogens with zero attached hydrogens (tertiary/aromatic N) is 2. The molecule has 2 amide bonds. The van der Waals surface area contributed by atoms with Crippen LogP contribution in [0.4, 0.5) is 0 Å². The van der Waals surface area contributed by atoms with Crippen molar-refractivity contribution in [3.05, 3.63) is 59.7 Å². The van der Waals surface area contributed by atoms with Gasteiger partial charge in [-0.3, -0.25) is 9.59 Å². The van der Waals surface area contributed by atoms with E-state index in [1.165, 1.54) is 0 Å². The first-order valence-corrected chi connectivity index (χ1v) is 10.7. The van der Waals surface area contributed by atoms with Gasteiger partial charge in [0.2, 0.25) is 11.8 Å². The van der Waals surface area contributed by atoms with E-state index in [1.54, 1.807) is 14.2 Å². The van der Waals surface area contributed by atoms with Crippen LogP contribution in [0.3, 0.4) is 0 Å². The molecule has 2 unspecified atom stereocenters. The first kappa shape index (κ1) is 22.7. The third-order valence-electron chi connectivity index (χ3n) is 6.19. The average Bonchev–Trinajstić information content (AvgIpc) is 2.82. The molecule has 3 rings (SSSR count). The van der Waals surface area contributed by atoms with Crippen molar-refractivity contribution >= 4 is 11.8 Å². The van der Waals surface area contributed by atoms with Crippen molar-refractivity contribution in [1.29, 1.82) is 0 Å². The minimum absolute atomic E-state index is 0.0334. The van der Waals surface area contributed by atoms with Gasteiger partial charge >= 0.3 is 0 Å². The fraction of sp³-hybridized carbons (Fsp3) is 0.440. The molecule has 0 N–H and O–H groups in total. The summed E-state index contributed by atoms with van der Waals surface area (Å²) in [5.74, 6) is 1.25. The number of carbonyl (C=O) groups is 2. The molecule has 1 heterocycles. The van der Waals surface area contributed by atoms with Crippen LogP contribution in [0.25, 0.3) is 0 Å². The van der Waals surface area contributed by atoms with Crippen LogP contribution in [-0.4, -0.2) is 61.5 Å². The standard InChI is InChI=1S/C25H32N2O4/c1-17-16-26(24(28)18(2)20-6-10-22(30-4)11-7-20)14-15-27(17)25(29)19(3)21-8-12-23(31-5)13-9-21/h6-13,17-19H,14-16H2,1-5H3/t17-,18?,19?/m0/s1. The smallest absolute Gasteiger partial charge is 0.230 e. The molecule has 1 aliphatic heterocycles. The van der Waals surface area contributed by atoms with Gasteiger partial charge in [0.15, 0.2) is 0 Å². The molecule has 1 aliphatic rings. The number of benzene rings is 2. The molecule has 166 valence electrons. The highest BCUT2D eigenvalue weighted by Gasteiger charge is 2.33. The topological polar surface area (TPSA) is 59.1 Å². The Bertz CT molecular complexity index is 895. The summed E-state index contributed by atoms with van der Waals surface area (Å²) >= 11 is 0. The zero-order valence-electron chi connectivity index (χ0n) is 19.0. The Labute approximate surface area is 184 Å². The van der Waals surface area contributed by atoms with Gasteiger partial charge in [-0.15, -0.1) is 0 Å². The van der Waals surface area contributed by atoms with E-state index in [1.807, 2.05) is 79.1 Å². The van der Waals surface area contributed by atoms with Crippen molar-refractivity contribution in [1.82, 2.24) is 9.80 Å². The molecule has 0 aliphatic carbocycles. The summed E-state index contributed by atoms with van der Waals surface area (Å²) in [5.41, 5.74) is 1.93. The Balaban J connectivity index is 1.62. The van der Waals surface area contributed by atoms with Crippen LogP contribution in [0, 0.1) is 0 Å². The first-order chi connectivity index (χ1) is 14.8. The van der Waals surface area contributed by atoms with Gasteiger partial charge < -0.3 is 19.3 Å². The van der Waals surface area contributed by atoms with Gasteiger partial charge in [-0.05, 0) is 56.2 Å². The summed E-state index contributed by atoms with van der Waals surface area (Å²) < 4.78 is 10.4. The maximum absolute atomic E-state index is 13.1. The van der Waals surface area contributed by atoms with E-state index in [4.69, 9.17) is 9.47 Å². The number of hydrogen-bond acceptors (Lipinski definition) is 4. The van der Waals surface area contributed by atoms with E-state index in [0.29, 0.717) is 19.6 Å². The molecule has 31 heavy (non-hydrogen) atoms. The van der Waals surface area contributed by atoms with Crippen LogP contribution < -0.4 is 9.47 Å². The van der Waals surface area contributed by atoms with Crippen LogP contribution >= 0.6 is 0 Å². The van der Waals surface area contributed by atoms with Crippen LogP contribution in [0.5, 0.6) is 11.5 Å². The van der Waals surface area contributed by atoms with Crippen LogP contribution in [-0.2, 0) is 9.59 Å². The minimum atomic E-state index is -0.242. The molecule has 1 saturated heterocycles. The van der Waals surface area contributed by atoms with Crippen molar-refractivity contribution in [2.45, 2.75) is 38.6 Å². The van der Waals surface area contributed by atoms with Crippen molar-refractivity contribution in [2.24, 2.45) is 0 Å². The molecule has 6 nitrogen and oxygen atoms in total. The lowest BCUT2D eigenvalue weighted by Gasteiger charge is -2.41. The van der Waals surface area contributed by atoms with E-state index in [2.05, 4.69) is 0 Å². The fourth-order valence-corrected chi connectivity index (χ4v) is 4.08. The molecule has 0 radical (unpaired) electrons. The quantitative estimate of drug-likeness (QED) is 0.710. The second-order valence-corrected chi connectivity index (χ2v) is 8.15. The number of methoxy groups -OCH3 is 2. The Morgan fingerprint density at radius 1 is 0.806 bits per heavy atom. The second kappa shape index (κ2) is 9.86. The number of amides is 2. The molecule has 6 heteroatoms. The van der Waals surface area contributed by atoms with E-state index in [0.717, 1.165) is 22.6 Å². The Kier molecular flexibility index (Phi) is 7.21. The van der Waals surface area contributed by atoms with Gasteiger partial charge in [-0.2, -0.15) is 0 Å². The van der Waals surface area contributed by atoms with E-state index >= 15 is 0 Å². The molecular weight excluding hydrogens is 392 g/mol. The molecule has 1 fully saturated rings. The SMILES string of the molecule is COc1ccc(C(C)C(=O)N2CCN(C(=O)C(C)c3ccc(OC)cc3)[C@@H](C)C2)cc1. The highest BCUT2D eigenvalue weighted by Crippen LogP contribution is 2.26. The van der Waals surface area contributed by atoms with Gasteiger partial charge in [0.25, 0.3) is 0 Å². The number of carbonyl (C=O) groups excluding carboxylic acids is 2. The minimum Gasteiger partial charge on any atom is -0.497 e. The van der Waals surface area contributed by atoms with Crippen molar-refractivity contribution in [3.63, 3.8) is 0 Å². The van der Waals surface area contributed by atoms with Crippen molar-refractivity contribution in [3.8, 4) is 11.5 Å². The molecule has 0 spiro atoms. The van der Waals surface area contributed by atoms with Gasteiger partial charge in [0.05, 0.1) is 26.1 Å². The highest BCUT2D eigenvalue weighted by atomic mass is 16.5. The number of piperazine rings is 1. The molecule has 3 atom stereocenters. The monoisotopic (exact) mass is 424 g/mol. The van der Waals surface area contributed by atoms with Crippen molar-refractivity contribution in [2.75, 3.05) is 33.9 Å². The largest absolute Gasteiger partial charge is 0.497 e. The molecule has 2 aromatic carbocycles. The summed E-state index contributed by atoms with van der Waals surface area (Å²) in [5, 5.41) is 0. The third-order valence-corrected chi connectivity index (χ3v) is 6.19. The van der Waals surface area contributed by atoms with Crippen LogP contribution in [0.2, 0.25) is 0 Å². The number of rotatable bonds is 6. The fourth-order valence-electron chi connectivity index (χ4n) is 4.08. The second-order valence-electron chi connectivity index (χ2n) is 8.15. The Hall–Kier alpha value is -3.02. The predicted octanol–water partition coefficient (Wildman–Crippen LogP) is 3.67. The maximum atomic E-state index is 13.1. The Morgan fingerprint density at radius 3 is 1.68 bits per heavy atom. The lowest BCUT2D eigenvalue weighted by molar-refractivity contribution is -0.143. The number of ether oxygens (including phenoxy) is 2. The average molecular weight is 425 g/mol. The van der Waals surface area contributed by atoms with Gasteiger partial charge in [0.1, 0.15) is 11.5 Å². The maximum Gasteiger partial charge on any atom is 0.230 e. The number of hydrogen-bond donors (Lipinski definition) is 0. The molecule has 2 aromatic rings. The third kappa shape index (κ3) is 5.01. The molecule has 0 bridgehead atoms. The van der Waals surface area contributed by atoms with Gasteiger partial charge in [-0.1, -0.05) is 24.3 Å². The normalized spacial score (nSPS) is 18.3. The van der Waals surface area contributed by atoms with E-state index < -0.39 is 0 Å². The van der Waals surface area contributed by atoms with Crippen LogP contribution in [0.15, 0.2) is 48.5 Å². The summed E-state index contributed by atoms with van der Waals surface area (Å²) in [4.78, 5) is 30.0. The van der Waals surface area contributed by atoms with E-state index in [9.17, 15) is 9.59 Å². The molecular formula is C25H32N2O4. The van der Waals surface area contributed by atoms with Gasteiger partial charge in [0, 0.05) is 25.7 Å². The van der Waals surface area contributed by atoms with Gasteiger partial charge in [-0.25, -0.2) is 0 Å². The lowest BCUT2D eigenvalue weighted by atomic mass is 9.97. The zero-order valence-corrected chi connectivity index (χ0v) is 19.0. The summed E-state index contributed by atoms with van der Waals surface area (Å²) in [6.07, 6.45) is 0. The highest BCUT2D eigenvalue weighted by molar-refractivity contribution is 5.85. The summed E-state index contributed by atoms with van der Waals surface area (Å²) in [7, 11) is 3.25. The summed E-state index contributed by atoms with van der Waals surface area (Å²) in [6, 6.07) is 15.2. The Morgan fingerprint density at radius 2 is 1.26 bits per heavy atom. The van der Waals surface area contributed by atoms with Crippen molar-refractivity contribution < 1.29 is 19.1 Å². The van der Waals surface area contributed by atoms with E-state index in [-0.39, 0.29) is 29.7 Å².